The molecule has 0 aliphatic rings. The van der Waals surface area contributed by atoms with Gasteiger partial charge in [-0.25, -0.2) is 4.79 Å². The molecule has 0 N–H and O–H groups in total. The minimum atomic E-state index is -4.33. The van der Waals surface area contributed by atoms with Gasteiger partial charge in [-0.2, -0.15) is 13.2 Å². The molecule has 264 valence electrons. The quantitative estimate of drug-likeness (QED) is 0.0705. The van der Waals surface area contributed by atoms with E-state index in [2.05, 4.69) is 42.2 Å². The molecule has 2 aromatic carbocycles. The van der Waals surface area contributed by atoms with Crippen LogP contribution in [0.1, 0.15) is 133 Å². The number of halogens is 3. The van der Waals surface area contributed by atoms with E-state index in [0.717, 1.165) is 42.1 Å². The van der Waals surface area contributed by atoms with Gasteiger partial charge in [-0.3, -0.25) is 4.98 Å². The Morgan fingerprint density at radius 1 is 0.646 bits per heavy atom. The van der Waals surface area contributed by atoms with E-state index in [1.54, 1.807) is 12.1 Å². The lowest BCUT2D eigenvalue weighted by Crippen LogP contribution is -2.28. The number of pyridine rings is 1. The third-order valence-corrected chi connectivity index (χ3v) is 8.89. The van der Waals surface area contributed by atoms with E-state index in [9.17, 15) is 18.0 Å². The molecule has 0 bridgehead atoms. The van der Waals surface area contributed by atoms with E-state index in [-0.39, 0.29) is 13.2 Å². The van der Waals surface area contributed by atoms with Crippen molar-refractivity contribution in [1.29, 1.82) is 0 Å². The second-order valence-corrected chi connectivity index (χ2v) is 13.0. The second kappa shape index (κ2) is 22.4. The maximum absolute atomic E-state index is 12.4. The summed E-state index contributed by atoms with van der Waals surface area (Å²) in [7, 11) is 0. The number of aromatic nitrogens is 1. The zero-order valence-electron chi connectivity index (χ0n) is 29.2. The normalized spacial score (nSPS) is 12.3. The van der Waals surface area contributed by atoms with Crippen molar-refractivity contribution in [3.63, 3.8) is 0 Å². The first-order valence-electron chi connectivity index (χ1n) is 18.3. The summed E-state index contributed by atoms with van der Waals surface area (Å²) in [6, 6.07) is 20.1. The summed E-state index contributed by atoms with van der Waals surface area (Å²) in [4.78, 5) is 17.1. The predicted molar refractivity (Wildman–Crippen MR) is 190 cm³/mol. The highest BCUT2D eigenvalue weighted by Gasteiger charge is 2.36. The molecule has 0 radical (unpaired) electrons. The average molecular weight is 668 g/mol. The Morgan fingerprint density at radius 2 is 1.17 bits per heavy atom. The maximum atomic E-state index is 12.4. The van der Waals surface area contributed by atoms with Crippen molar-refractivity contribution in [3.8, 4) is 22.4 Å². The fraction of sp³-hybridized carbons (Fsp3) is 0.561. The van der Waals surface area contributed by atoms with Gasteiger partial charge in [0.2, 0.25) is 0 Å². The molecule has 0 saturated heterocycles. The molecule has 0 fully saturated rings. The molecule has 0 amide bonds. The van der Waals surface area contributed by atoms with Crippen molar-refractivity contribution in [2.45, 2.75) is 135 Å². The highest BCUT2D eigenvalue weighted by atomic mass is 19.4. The number of carbonyl (C=O) groups excluding carboxylic acids is 1. The van der Waals surface area contributed by atoms with Crippen LogP contribution in [-0.4, -0.2) is 36.4 Å². The van der Waals surface area contributed by atoms with Crippen molar-refractivity contribution in [1.82, 2.24) is 4.98 Å². The van der Waals surface area contributed by atoms with Crippen molar-refractivity contribution < 1.29 is 27.4 Å². The summed E-state index contributed by atoms with van der Waals surface area (Å²) in [6.45, 7) is 3.62. The van der Waals surface area contributed by atoms with Crippen LogP contribution in [0, 0.1) is 0 Å². The molecule has 3 aromatic rings. The number of unbranched alkanes of at least 4 members (excludes halogenated alkanes) is 14. The number of rotatable bonds is 24. The molecule has 1 unspecified atom stereocenters. The second-order valence-electron chi connectivity index (χ2n) is 13.0. The summed E-state index contributed by atoms with van der Waals surface area (Å²) in [5.41, 5.74) is 5.81. The molecule has 0 aliphatic carbocycles. The van der Waals surface area contributed by atoms with Gasteiger partial charge in [-0.15, -0.1) is 0 Å². The van der Waals surface area contributed by atoms with Gasteiger partial charge in [-0.1, -0.05) is 126 Å². The smallest absolute Gasteiger partial charge is 0.414 e. The zero-order valence-corrected chi connectivity index (χ0v) is 29.2. The van der Waals surface area contributed by atoms with Gasteiger partial charge >= 0.3 is 12.1 Å². The number of carbonyl (C=O) groups is 1. The molecular formula is C41H56F3NO3. The number of nitrogens with zero attached hydrogens (tertiary/aromatic N) is 1. The fourth-order valence-corrected chi connectivity index (χ4v) is 5.71. The molecule has 3 rings (SSSR count). The van der Waals surface area contributed by atoms with E-state index in [0.29, 0.717) is 24.8 Å². The third-order valence-electron chi connectivity index (χ3n) is 8.89. The van der Waals surface area contributed by atoms with E-state index in [1.807, 2.05) is 24.4 Å². The molecule has 1 aromatic heterocycles. The van der Waals surface area contributed by atoms with Crippen LogP contribution in [0.3, 0.4) is 0 Å². The molecule has 4 nitrogen and oxygen atoms in total. The molecular weight excluding hydrogens is 611 g/mol. The lowest BCUT2D eigenvalue weighted by molar-refractivity contribution is -0.214. The van der Waals surface area contributed by atoms with Crippen LogP contribution >= 0.6 is 0 Å². The molecule has 7 heteroatoms. The van der Waals surface area contributed by atoms with Crippen molar-refractivity contribution in [3.05, 3.63) is 78.0 Å². The number of aryl methyl sites for hydroxylation is 1. The van der Waals surface area contributed by atoms with Gasteiger partial charge in [0.05, 0.1) is 17.9 Å². The lowest BCUT2D eigenvalue weighted by Gasteiger charge is -2.16. The van der Waals surface area contributed by atoms with Gasteiger partial charge in [-0.05, 0) is 68.4 Å². The minimum absolute atomic E-state index is 0.0665. The van der Waals surface area contributed by atoms with E-state index in [4.69, 9.17) is 9.47 Å². The Hall–Kier alpha value is -3.19. The summed E-state index contributed by atoms with van der Waals surface area (Å²) >= 11 is 0. The van der Waals surface area contributed by atoms with E-state index < -0.39 is 18.2 Å². The fourth-order valence-electron chi connectivity index (χ4n) is 5.71. The number of hydrogen-bond acceptors (Lipinski definition) is 4. The number of alkyl halides is 3. The number of hydrogen-bond donors (Lipinski definition) is 0. The SMILES string of the molecule is CCCCCCCCCCCCCCc1ccc(-c2ccc(-c3ccc(C(=O)OCCCCCCOC(C)C(F)(F)F)cc3)nc2)cc1. The van der Waals surface area contributed by atoms with Gasteiger partial charge < -0.3 is 9.47 Å². The molecule has 0 saturated carbocycles. The van der Waals surface area contributed by atoms with Gasteiger partial charge in [0.15, 0.2) is 6.10 Å². The third kappa shape index (κ3) is 15.4. The van der Waals surface area contributed by atoms with Gasteiger partial charge in [0.1, 0.15) is 0 Å². The Labute approximate surface area is 286 Å². The Kier molecular flexibility index (Phi) is 18.4. The highest BCUT2D eigenvalue weighted by Crippen LogP contribution is 2.25. The molecule has 0 aliphatic heterocycles. The van der Waals surface area contributed by atoms with Crippen molar-refractivity contribution >= 4 is 5.97 Å². The zero-order chi connectivity index (χ0) is 34.5. The van der Waals surface area contributed by atoms with E-state index >= 15 is 0 Å². The maximum Gasteiger partial charge on any atom is 0.414 e. The van der Waals surface area contributed by atoms with Crippen molar-refractivity contribution in [2.24, 2.45) is 0 Å². The standard InChI is InChI=1S/C41H56F3NO3/c1-3-4-5-6-7-8-9-10-11-12-13-16-19-34-20-22-35(23-21-34)38-28-29-39(45-32-38)36-24-26-37(27-25-36)40(46)48-31-18-15-14-17-30-47-33(2)41(42,43)44/h20-29,32-33H,3-19,30-31H2,1-2H3. The largest absolute Gasteiger partial charge is 0.462 e. The predicted octanol–water partition coefficient (Wildman–Crippen LogP) is 12.3. The summed E-state index contributed by atoms with van der Waals surface area (Å²) < 4.78 is 47.5. The Balaban J connectivity index is 1.30. The summed E-state index contributed by atoms with van der Waals surface area (Å²) in [6.07, 6.45) is 16.0. The van der Waals surface area contributed by atoms with Crippen LogP contribution in [0.25, 0.3) is 22.4 Å². The lowest BCUT2D eigenvalue weighted by atomic mass is 10.0. The summed E-state index contributed by atoms with van der Waals surface area (Å²) in [5, 5.41) is 0. The van der Waals surface area contributed by atoms with Crippen LogP contribution in [0.15, 0.2) is 66.9 Å². The molecule has 1 atom stereocenters. The first kappa shape index (κ1) is 39.3. The summed E-state index contributed by atoms with van der Waals surface area (Å²) in [5.74, 6) is -0.394. The molecule has 0 spiro atoms. The minimum Gasteiger partial charge on any atom is -0.462 e. The van der Waals surface area contributed by atoms with Crippen LogP contribution < -0.4 is 0 Å². The first-order chi connectivity index (χ1) is 23.3. The van der Waals surface area contributed by atoms with Crippen LogP contribution in [0.2, 0.25) is 0 Å². The van der Waals surface area contributed by atoms with Crippen molar-refractivity contribution in [2.75, 3.05) is 13.2 Å². The highest BCUT2D eigenvalue weighted by molar-refractivity contribution is 5.90. The number of ether oxygens (including phenoxy) is 2. The van der Waals surface area contributed by atoms with Crippen LogP contribution in [0.5, 0.6) is 0 Å². The van der Waals surface area contributed by atoms with Crippen LogP contribution in [0.4, 0.5) is 13.2 Å². The number of benzene rings is 2. The van der Waals surface area contributed by atoms with Gasteiger partial charge in [0.25, 0.3) is 0 Å². The Bertz CT molecular complexity index is 1270. The van der Waals surface area contributed by atoms with Gasteiger partial charge in [0, 0.05) is 23.9 Å². The molecule has 48 heavy (non-hydrogen) atoms. The Morgan fingerprint density at radius 3 is 1.73 bits per heavy atom. The topological polar surface area (TPSA) is 48.4 Å². The number of esters is 1. The van der Waals surface area contributed by atoms with E-state index in [1.165, 1.54) is 82.6 Å². The van der Waals surface area contributed by atoms with Crippen LogP contribution in [-0.2, 0) is 15.9 Å². The monoisotopic (exact) mass is 667 g/mol. The average Bonchev–Trinajstić information content (AvgIpc) is 3.09. The first-order valence-corrected chi connectivity index (χ1v) is 18.3. The molecule has 1 heterocycles.